The second kappa shape index (κ2) is 9.33. The smallest absolute Gasteiger partial charge is 0.252 e. The summed E-state index contributed by atoms with van der Waals surface area (Å²) < 4.78 is 28.6. The van der Waals surface area contributed by atoms with Crippen molar-refractivity contribution in [2.45, 2.75) is 38.6 Å². The molecule has 33 heavy (non-hydrogen) atoms. The first-order valence-corrected chi connectivity index (χ1v) is 12.4. The molecule has 0 saturated heterocycles. The van der Waals surface area contributed by atoms with Crippen LogP contribution in [-0.2, 0) is 23.0 Å². The molecule has 0 unspecified atom stereocenters. The fraction of sp³-hybridized carbons (Fsp3) is 0.222. The highest BCUT2D eigenvalue weighted by Crippen LogP contribution is 2.21. The molecule has 1 aromatic heterocycles. The normalized spacial score (nSPS) is 11.9. The molecular formula is C27H28N2O3S. The van der Waals surface area contributed by atoms with Crippen LogP contribution in [0.3, 0.4) is 0 Å². The number of aryl methyl sites for hydroxylation is 3. The van der Waals surface area contributed by atoms with Crippen LogP contribution in [0.15, 0.2) is 82.5 Å². The molecule has 1 N–H and O–H groups in total. The average Bonchev–Trinajstić information content (AvgIpc) is 2.78. The van der Waals surface area contributed by atoms with Crippen molar-refractivity contribution < 1.29 is 8.42 Å². The molecule has 0 radical (unpaired) electrons. The van der Waals surface area contributed by atoms with Crippen LogP contribution in [0, 0.1) is 20.8 Å². The molecule has 0 saturated carbocycles. The van der Waals surface area contributed by atoms with E-state index in [-0.39, 0.29) is 23.5 Å². The Hall–Kier alpha value is -3.22. The monoisotopic (exact) mass is 460 g/mol. The van der Waals surface area contributed by atoms with Gasteiger partial charge in [0.05, 0.1) is 4.90 Å². The van der Waals surface area contributed by atoms with Gasteiger partial charge in [-0.15, -0.1) is 0 Å². The van der Waals surface area contributed by atoms with Gasteiger partial charge in [0.25, 0.3) is 5.56 Å². The van der Waals surface area contributed by atoms with Crippen LogP contribution in [0.4, 0.5) is 0 Å². The largest absolute Gasteiger partial charge is 0.322 e. The lowest BCUT2D eigenvalue weighted by atomic mass is 10.1. The molecule has 0 bridgehead atoms. The maximum absolute atomic E-state index is 13.6. The Morgan fingerprint density at radius 3 is 2.24 bits per heavy atom. The van der Waals surface area contributed by atoms with Crippen molar-refractivity contribution in [3.05, 3.63) is 111 Å². The van der Waals surface area contributed by atoms with Gasteiger partial charge in [-0.1, -0.05) is 54.1 Å². The third kappa shape index (κ3) is 5.07. The van der Waals surface area contributed by atoms with Gasteiger partial charge in [-0.3, -0.25) is 4.79 Å². The van der Waals surface area contributed by atoms with Gasteiger partial charge in [0.2, 0.25) is 10.0 Å². The predicted molar refractivity (Wildman–Crippen MR) is 133 cm³/mol. The molecule has 4 rings (SSSR count). The summed E-state index contributed by atoms with van der Waals surface area (Å²) in [5.74, 6) is 0. The third-order valence-corrected chi connectivity index (χ3v) is 7.84. The number of rotatable bonds is 7. The fourth-order valence-corrected chi connectivity index (χ4v) is 5.37. The minimum Gasteiger partial charge on any atom is -0.322 e. The summed E-state index contributed by atoms with van der Waals surface area (Å²) in [4.78, 5) is 16.0. The van der Waals surface area contributed by atoms with Crippen LogP contribution in [0.25, 0.3) is 10.9 Å². The summed E-state index contributed by atoms with van der Waals surface area (Å²) in [5.41, 5.74) is 5.14. The summed E-state index contributed by atoms with van der Waals surface area (Å²) in [6, 6.07) is 22.4. The minimum absolute atomic E-state index is 0.00123. The van der Waals surface area contributed by atoms with Crippen LogP contribution in [-0.4, -0.2) is 24.3 Å². The van der Waals surface area contributed by atoms with E-state index < -0.39 is 10.0 Å². The van der Waals surface area contributed by atoms with Crippen molar-refractivity contribution in [3.63, 3.8) is 0 Å². The number of nitrogens with zero attached hydrogens (tertiary/aromatic N) is 1. The third-order valence-electron chi connectivity index (χ3n) is 5.98. The van der Waals surface area contributed by atoms with Gasteiger partial charge in [0, 0.05) is 24.2 Å². The first-order chi connectivity index (χ1) is 15.7. The number of pyridine rings is 1. The molecule has 0 spiro atoms. The van der Waals surface area contributed by atoms with Crippen molar-refractivity contribution in [2.24, 2.45) is 0 Å². The Morgan fingerprint density at radius 1 is 0.818 bits per heavy atom. The number of aromatic nitrogens is 1. The summed E-state index contributed by atoms with van der Waals surface area (Å²) in [6.45, 7) is 6.17. The quantitative estimate of drug-likeness (QED) is 0.427. The van der Waals surface area contributed by atoms with E-state index >= 15 is 0 Å². The highest BCUT2D eigenvalue weighted by molar-refractivity contribution is 7.89. The highest BCUT2D eigenvalue weighted by atomic mass is 32.2. The second-order valence-electron chi connectivity index (χ2n) is 8.54. The predicted octanol–water partition coefficient (Wildman–Crippen LogP) is 4.89. The highest BCUT2D eigenvalue weighted by Gasteiger charge is 2.25. The van der Waals surface area contributed by atoms with Crippen molar-refractivity contribution in [1.29, 1.82) is 0 Å². The summed E-state index contributed by atoms with van der Waals surface area (Å²) in [7, 11) is -3.80. The first kappa shape index (κ1) is 23.0. The lowest BCUT2D eigenvalue weighted by molar-refractivity contribution is 0.408. The lowest BCUT2D eigenvalue weighted by Crippen LogP contribution is -2.34. The van der Waals surface area contributed by atoms with E-state index in [0.717, 1.165) is 33.2 Å². The number of hydrogen-bond acceptors (Lipinski definition) is 3. The van der Waals surface area contributed by atoms with Crippen LogP contribution in [0.2, 0.25) is 0 Å². The van der Waals surface area contributed by atoms with Crippen molar-refractivity contribution >= 4 is 20.9 Å². The van der Waals surface area contributed by atoms with E-state index in [4.69, 9.17) is 0 Å². The van der Waals surface area contributed by atoms with E-state index in [1.807, 2.05) is 63.2 Å². The van der Waals surface area contributed by atoms with Gasteiger partial charge >= 0.3 is 0 Å². The summed E-state index contributed by atoms with van der Waals surface area (Å²) >= 11 is 0. The van der Waals surface area contributed by atoms with Gasteiger partial charge < -0.3 is 4.98 Å². The Labute approximate surface area is 194 Å². The van der Waals surface area contributed by atoms with Gasteiger partial charge in [-0.2, -0.15) is 4.31 Å². The molecule has 0 aliphatic rings. The van der Waals surface area contributed by atoms with Gasteiger partial charge in [-0.25, -0.2) is 8.42 Å². The van der Waals surface area contributed by atoms with Crippen LogP contribution in [0.5, 0.6) is 0 Å². The molecule has 0 aliphatic carbocycles. The number of aromatic amines is 1. The first-order valence-electron chi connectivity index (χ1n) is 11.0. The van der Waals surface area contributed by atoms with Crippen LogP contribution >= 0.6 is 0 Å². The molecule has 170 valence electrons. The summed E-state index contributed by atoms with van der Waals surface area (Å²) in [5, 5.41) is 0.877. The number of hydrogen-bond donors (Lipinski definition) is 1. The molecule has 0 aliphatic heterocycles. The topological polar surface area (TPSA) is 70.2 Å². The fourth-order valence-electron chi connectivity index (χ4n) is 3.95. The molecular weight excluding hydrogens is 432 g/mol. The maximum Gasteiger partial charge on any atom is 0.252 e. The van der Waals surface area contributed by atoms with Crippen molar-refractivity contribution in [3.8, 4) is 0 Å². The Kier molecular flexibility index (Phi) is 6.49. The number of H-pyrrole nitrogens is 1. The lowest BCUT2D eigenvalue weighted by Gasteiger charge is -2.23. The molecule has 0 amide bonds. The number of sulfonamides is 1. The van der Waals surface area contributed by atoms with Crippen molar-refractivity contribution in [1.82, 2.24) is 9.29 Å². The Balaban J connectivity index is 1.72. The zero-order valence-corrected chi connectivity index (χ0v) is 19.9. The van der Waals surface area contributed by atoms with Gasteiger partial charge in [0.1, 0.15) is 0 Å². The zero-order chi connectivity index (χ0) is 23.6. The minimum atomic E-state index is -3.80. The molecule has 5 nitrogen and oxygen atoms in total. The van der Waals surface area contributed by atoms with Crippen LogP contribution in [0.1, 0.15) is 27.8 Å². The molecule has 0 atom stereocenters. The zero-order valence-electron chi connectivity index (χ0n) is 19.1. The standard InChI is InChI=1S/C27H28N2O3S/c1-19-9-12-25(13-10-19)33(31,32)29(15-14-22-7-5-4-6-21(22)3)18-24-17-23-11-8-20(2)16-26(23)28-27(24)30/h4-13,16-17H,14-15,18H2,1-3H3,(H,28,30). The SMILES string of the molecule is Cc1ccc(S(=O)(=O)N(CCc2ccccc2C)Cc2cc3ccc(C)cc3[nH]c2=O)cc1. The van der Waals surface area contributed by atoms with Gasteiger partial charge in [0.15, 0.2) is 0 Å². The van der Waals surface area contributed by atoms with Gasteiger partial charge in [-0.05, 0) is 73.5 Å². The molecule has 6 heteroatoms. The molecule has 4 aromatic rings. The molecule has 0 fully saturated rings. The van der Waals surface area contributed by atoms with E-state index in [0.29, 0.717) is 12.0 Å². The number of fused-ring (bicyclic) bond motifs is 1. The molecule has 3 aromatic carbocycles. The second-order valence-corrected chi connectivity index (χ2v) is 10.5. The Bertz CT molecular complexity index is 1460. The number of benzene rings is 3. The van der Waals surface area contributed by atoms with E-state index in [1.165, 1.54) is 4.31 Å². The average molecular weight is 461 g/mol. The van der Waals surface area contributed by atoms with Crippen LogP contribution < -0.4 is 5.56 Å². The number of nitrogens with one attached hydrogen (secondary N) is 1. The maximum atomic E-state index is 13.6. The van der Waals surface area contributed by atoms with E-state index in [9.17, 15) is 13.2 Å². The summed E-state index contributed by atoms with van der Waals surface area (Å²) in [6.07, 6.45) is 0.558. The van der Waals surface area contributed by atoms with Crippen molar-refractivity contribution in [2.75, 3.05) is 6.54 Å². The van der Waals surface area contributed by atoms with E-state index in [1.54, 1.807) is 30.3 Å². The Morgan fingerprint density at radius 2 is 1.52 bits per heavy atom. The molecule has 1 heterocycles. The van der Waals surface area contributed by atoms with E-state index in [2.05, 4.69) is 4.98 Å².